The van der Waals surface area contributed by atoms with Crippen LogP contribution in [-0.2, 0) is 11.3 Å². The molecule has 0 aliphatic rings. The van der Waals surface area contributed by atoms with Gasteiger partial charge in [-0.1, -0.05) is 20.8 Å². The number of rotatable bonds is 9. The molecule has 4 heteroatoms. The van der Waals surface area contributed by atoms with Gasteiger partial charge in [0.25, 0.3) is 0 Å². The van der Waals surface area contributed by atoms with Crippen LogP contribution in [0.4, 0.5) is 10.1 Å². The number of anilines is 1. The van der Waals surface area contributed by atoms with Gasteiger partial charge in [0.2, 0.25) is 0 Å². The summed E-state index contributed by atoms with van der Waals surface area (Å²) in [5, 5.41) is 3.23. The summed E-state index contributed by atoms with van der Waals surface area (Å²) in [5.74, 6) is 0.342. The van der Waals surface area contributed by atoms with Crippen molar-refractivity contribution in [2.24, 2.45) is 5.92 Å². The van der Waals surface area contributed by atoms with Gasteiger partial charge in [-0.15, -0.1) is 0 Å². The van der Waals surface area contributed by atoms with Crippen molar-refractivity contribution < 1.29 is 9.13 Å². The molecule has 0 aromatic heterocycles. The maximum Gasteiger partial charge on any atom is 0.125 e. The fraction of sp³-hybridized carbons (Fsp3) is 0.625. The lowest BCUT2D eigenvalue weighted by Gasteiger charge is -2.27. The highest BCUT2D eigenvalue weighted by atomic mass is 19.1. The van der Waals surface area contributed by atoms with Crippen LogP contribution in [-0.4, -0.2) is 33.4 Å². The second-order valence-corrected chi connectivity index (χ2v) is 5.43. The van der Waals surface area contributed by atoms with Gasteiger partial charge in [0.15, 0.2) is 0 Å². The highest BCUT2D eigenvalue weighted by Gasteiger charge is 2.11. The number of methoxy groups -OCH3 is 1. The molecule has 0 amide bonds. The number of halogens is 1. The number of ether oxygens (including phenoxy) is 1. The lowest BCUT2D eigenvalue weighted by molar-refractivity contribution is 0.204. The summed E-state index contributed by atoms with van der Waals surface area (Å²) in [4.78, 5) is 2.19. The normalized spacial score (nSPS) is 11.1. The van der Waals surface area contributed by atoms with Gasteiger partial charge >= 0.3 is 0 Å². The van der Waals surface area contributed by atoms with Crippen LogP contribution < -0.4 is 10.2 Å². The van der Waals surface area contributed by atoms with Crippen molar-refractivity contribution >= 4 is 5.69 Å². The molecule has 20 heavy (non-hydrogen) atoms. The van der Waals surface area contributed by atoms with Crippen molar-refractivity contribution in [3.05, 3.63) is 29.6 Å². The van der Waals surface area contributed by atoms with E-state index in [1.807, 2.05) is 6.92 Å². The predicted octanol–water partition coefficient (Wildman–Crippen LogP) is 3.04. The maximum absolute atomic E-state index is 13.8. The van der Waals surface area contributed by atoms with E-state index in [-0.39, 0.29) is 5.82 Å². The molecule has 0 radical (unpaired) electrons. The molecule has 0 unspecified atom stereocenters. The molecule has 0 atom stereocenters. The van der Waals surface area contributed by atoms with Gasteiger partial charge in [0.1, 0.15) is 5.82 Å². The van der Waals surface area contributed by atoms with Gasteiger partial charge in [-0.3, -0.25) is 0 Å². The Kier molecular flexibility index (Phi) is 7.55. The van der Waals surface area contributed by atoms with E-state index in [0.717, 1.165) is 30.9 Å². The van der Waals surface area contributed by atoms with Gasteiger partial charge in [-0.2, -0.15) is 0 Å². The van der Waals surface area contributed by atoms with Gasteiger partial charge in [-0.05, 0) is 36.2 Å². The maximum atomic E-state index is 13.8. The largest absolute Gasteiger partial charge is 0.383 e. The molecular weight excluding hydrogens is 255 g/mol. The van der Waals surface area contributed by atoms with Gasteiger partial charge in [-0.25, -0.2) is 4.39 Å². The Bertz CT molecular complexity index is 396. The standard InChI is InChI=1S/C16H27FN2O/c1-5-18-11-14-8-15(17)10-16(9-14)19(6-7-20-4)12-13(2)3/h8-10,13,18H,5-7,11-12H2,1-4H3. The Hall–Kier alpha value is -1.13. The summed E-state index contributed by atoms with van der Waals surface area (Å²) in [6, 6.07) is 5.26. The minimum atomic E-state index is -0.179. The minimum Gasteiger partial charge on any atom is -0.383 e. The van der Waals surface area contributed by atoms with E-state index in [9.17, 15) is 4.39 Å². The Labute approximate surface area is 122 Å². The first-order chi connectivity index (χ1) is 9.56. The highest BCUT2D eigenvalue weighted by molar-refractivity contribution is 5.49. The summed E-state index contributed by atoms with van der Waals surface area (Å²) >= 11 is 0. The molecule has 0 aliphatic heterocycles. The number of nitrogens with one attached hydrogen (secondary N) is 1. The van der Waals surface area contributed by atoms with Crippen molar-refractivity contribution in [2.75, 3.05) is 38.3 Å². The number of hydrogen-bond donors (Lipinski definition) is 1. The van der Waals surface area contributed by atoms with Crippen LogP contribution in [0.3, 0.4) is 0 Å². The Balaban J connectivity index is 2.89. The summed E-state index contributed by atoms with van der Waals surface area (Å²) in [5.41, 5.74) is 1.91. The molecule has 1 aromatic rings. The average molecular weight is 282 g/mol. The zero-order chi connectivity index (χ0) is 15.0. The van der Waals surface area contributed by atoms with E-state index < -0.39 is 0 Å². The van der Waals surface area contributed by atoms with Crippen molar-refractivity contribution in [3.63, 3.8) is 0 Å². The zero-order valence-electron chi connectivity index (χ0n) is 13.1. The lowest BCUT2D eigenvalue weighted by Crippen LogP contribution is -2.31. The molecule has 1 aromatic carbocycles. The van der Waals surface area contributed by atoms with E-state index in [2.05, 4.69) is 30.1 Å². The molecular formula is C16H27FN2O. The van der Waals surface area contributed by atoms with Crippen molar-refractivity contribution in [3.8, 4) is 0 Å². The molecule has 1 rings (SSSR count). The predicted molar refractivity (Wildman–Crippen MR) is 82.7 cm³/mol. The van der Waals surface area contributed by atoms with Crippen molar-refractivity contribution in [1.29, 1.82) is 0 Å². The van der Waals surface area contributed by atoms with E-state index in [0.29, 0.717) is 19.1 Å². The van der Waals surface area contributed by atoms with Crippen LogP contribution >= 0.6 is 0 Å². The zero-order valence-corrected chi connectivity index (χ0v) is 13.1. The van der Waals surface area contributed by atoms with E-state index in [1.165, 1.54) is 0 Å². The monoisotopic (exact) mass is 282 g/mol. The topological polar surface area (TPSA) is 24.5 Å². The minimum absolute atomic E-state index is 0.179. The van der Waals surface area contributed by atoms with Crippen LogP contribution in [0.15, 0.2) is 18.2 Å². The average Bonchev–Trinajstić information content (AvgIpc) is 2.40. The van der Waals surface area contributed by atoms with Gasteiger partial charge in [0.05, 0.1) is 6.61 Å². The van der Waals surface area contributed by atoms with Gasteiger partial charge < -0.3 is 15.0 Å². The second kappa shape index (κ2) is 8.93. The van der Waals surface area contributed by atoms with Crippen LogP contribution in [0.2, 0.25) is 0 Å². The SMILES string of the molecule is CCNCc1cc(F)cc(N(CCOC)CC(C)C)c1. The van der Waals surface area contributed by atoms with E-state index in [4.69, 9.17) is 4.74 Å². The molecule has 0 aliphatic carbocycles. The Morgan fingerprint density at radius 1 is 1.30 bits per heavy atom. The highest BCUT2D eigenvalue weighted by Crippen LogP contribution is 2.20. The van der Waals surface area contributed by atoms with E-state index in [1.54, 1.807) is 19.2 Å². The summed E-state index contributed by atoms with van der Waals surface area (Å²) in [7, 11) is 1.69. The quantitative estimate of drug-likeness (QED) is 0.753. The molecule has 0 bridgehead atoms. The summed E-state index contributed by atoms with van der Waals surface area (Å²) in [6.45, 7) is 10.3. The first-order valence-electron chi connectivity index (χ1n) is 7.30. The molecule has 1 N–H and O–H groups in total. The molecule has 0 spiro atoms. The summed E-state index contributed by atoms with van der Waals surface area (Å²) in [6.07, 6.45) is 0. The lowest BCUT2D eigenvalue weighted by atomic mass is 10.1. The van der Waals surface area contributed by atoms with Crippen LogP contribution in [0, 0.1) is 11.7 Å². The number of benzene rings is 1. The van der Waals surface area contributed by atoms with Gasteiger partial charge in [0, 0.05) is 32.4 Å². The smallest absolute Gasteiger partial charge is 0.125 e. The molecule has 0 heterocycles. The molecule has 3 nitrogen and oxygen atoms in total. The van der Waals surface area contributed by atoms with Crippen LogP contribution in [0.5, 0.6) is 0 Å². The summed E-state index contributed by atoms with van der Waals surface area (Å²) < 4.78 is 18.9. The Morgan fingerprint density at radius 2 is 2.05 bits per heavy atom. The first kappa shape index (κ1) is 16.9. The number of nitrogens with zero attached hydrogens (tertiary/aromatic N) is 1. The van der Waals surface area contributed by atoms with E-state index >= 15 is 0 Å². The fourth-order valence-electron chi connectivity index (χ4n) is 2.16. The second-order valence-electron chi connectivity index (χ2n) is 5.43. The number of hydrogen-bond acceptors (Lipinski definition) is 3. The van der Waals surface area contributed by atoms with Crippen molar-refractivity contribution in [2.45, 2.75) is 27.3 Å². The van der Waals surface area contributed by atoms with Crippen molar-refractivity contribution in [1.82, 2.24) is 5.32 Å². The third-order valence-electron chi connectivity index (χ3n) is 3.04. The fourth-order valence-corrected chi connectivity index (χ4v) is 2.16. The first-order valence-corrected chi connectivity index (χ1v) is 7.30. The molecule has 0 saturated heterocycles. The molecule has 114 valence electrons. The van der Waals surface area contributed by atoms with Crippen LogP contribution in [0.1, 0.15) is 26.3 Å². The van der Waals surface area contributed by atoms with Crippen LogP contribution in [0.25, 0.3) is 0 Å². The third-order valence-corrected chi connectivity index (χ3v) is 3.04. The third kappa shape index (κ3) is 5.88. The molecule has 0 fully saturated rings. The Morgan fingerprint density at radius 3 is 2.65 bits per heavy atom. The molecule has 0 saturated carbocycles.